The number of rotatable bonds is 4. The summed E-state index contributed by atoms with van der Waals surface area (Å²) in [6, 6.07) is 8.33. The van der Waals surface area contributed by atoms with Crippen molar-refractivity contribution in [2.24, 2.45) is 11.6 Å². The number of nitrogens with two attached hydrogens (primary N) is 2. The minimum Gasteiger partial charge on any atom is -0.478 e. The fraction of sp³-hybridized carbons (Fsp3) is 0.0667. The van der Waals surface area contributed by atoms with Crippen molar-refractivity contribution < 1.29 is 9.90 Å². The van der Waals surface area contributed by atoms with Crippen molar-refractivity contribution in [1.82, 2.24) is 4.98 Å². The van der Waals surface area contributed by atoms with Gasteiger partial charge in [0.25, 0.3) is 0 Å². The van der Waals surface area contributed by atoms with E-state index in [1.807, 2.05) is 6.92 Å². The van der Waals surface area contributed by atoms with E-state index in [0.29, 0.717) is 16.9 Å². The van der Waals surface area contributed by atoms with E-state index in [0.717, 1.165) is 5.56 Å². The number of aromatic carboxylic acids is 1. The van der Waals surface area contributed by atoms with E-state index in [9.17, 15) is 4.79 Å². The minimum atomic E-state index is -0.999. The first-order chi connectivity index (χ1) is 9.99. The summed E-state index contributed by atoms with van der Waals surface area (Å²) < 4.78 is 0. The standard InChI is InChI=1S/C15H16N4O2/c1-10-4-5-11(15(20)21)7-13(10)14(16)9-19(17)12-3-2-6-18-8-12/h2-9H,16-17H2,1H3,(H,20,21)/b14-9-. The number of carboxylic acids is 1. The Hall–Kier alpha value is -2.86. The highest BCUT2D eigenvalue weighted by Gasteiger charge is 2.09. The molecule has 0 spiro atoms. The van der Waals surface area contributed by atoms with Crippen LogP contribution in [0, 0.1) is 6.92 Å². The van der Waals surface area contributed by atoms with Crippen LogP contribution >= 0.6 is 0 Å². The van der Waals surface area contributed by atoms with Crippen molar-refractivity contribution in [2.75, 3.05) is 5.01 Å². The van der Waals surface area contributed by atoms with Crippen LogP contribution in [0.1, 0.15) is 21.5 Å². The van der Waals surface area contributed by atoms with Crippen LogP contribution in [0.2, 0.25) is 0 Å². The largest absolute Gasteiger partial charge is 0.478 e. The van der Waals surface area contributed by atoms with Gasteiger partial charge in [-0.1, -0.05) is 6.07 Å². The van der Waals surface area contributed by atoms with E-state index >= 15 is 0 Å². The number of carbonyl (C=O) groups is 1. The van der Waals surface area contributed by atoms with Crippen LogP contribution in [0.3, 0.4) is 0 Å². The Balaban J connectivity index is 2.35. The minimum absolute atomic E-state index is 0.178. The number of nitrogens with zero attached hydrogens (tertiary/aromatic N) is 2. The van der Waals surface area contributed by atoms with Crippen LogP contribution in [0.15, 0.2) is 48.9 Å². The van der Waals surface area contributed by atoms with Gasteiger partial charge in [-0.25, -0.2) is 10.6 Å². The van der Waals surface area contributed by atoms with Gasteiger partial charge < -0.3 is 10.8 Å². The zero-order valence-electron chi connectivity index (χ0n) is 11.5. The maximum atomic E-state index is 11.0. The second kappa shape index (κ2) is 6.06. The van der Waals surface area contributed by atoms with Gasteiger partial charge in [-0.15, -0.1) is 0 Å². The molecule has 21 heavy (non-hydrogen) atoms. The first kappa shape index (κ1) is 14.5. The lowest BCUT2D eigenvalue weighted by Gasteiger charge is -2.15. The summed E-state index contributed by atoms with van der Waals surface area (Å²) in [4.78, 5) is 15.0. The fourth-order valence-corrected chi connectivity index (χ4v) is 1.87. The fourth-order valence-electron chi connectivity index (χ4n) is 1.87. The third-order valence-corrected chi connectivity index (χ3v) is 3.02. The third-order valence-electron chi connectivity index (χ3n) is 3.02. The monoisotopic (exact) mass is 284 g/mol. The van der Waals surface area contributed by atoms with Gasteiger partial charge in [0.2, 0.25) is 0 Å². The molecule has 6 heteroatoms. The molecule has 0 unspecified atom stereocenters. The molecule has 1 aromatic heterocycles. The lowest BCUT2D eigenvalue weighted by molar-refractivity contribution is 0.0697. The Morgan fingerprint density at radius 2 is 2.14 bits per heavy atom. The van der Waals surface area contributed by atoms with E-state index in [-0.39, 0.29) is 5.56 Å². The van der Waals surface area contributed by atoms with Crippen molar-refractivity contribution in [3.05, 3.63) is 65.6 Å². The van der Waals surface area contributed by atoms with Crippen LogP contribution in [0.4, 0.5) is 5.69 Å². The molecule has 0 aliphatic carbocycles. The first-order valence-electron chi connectivity index (χ1n) is 6.24. The summed E-state index contributed by atoms with van der Waals surface area (Å²) in [6.45, 7) is 1.85. The van der Waals surface area contributed by atoms with Gasteiger partial charge in [0, 0.05) is 18.0 Å². The number of benzene rings is 1. The predicted molar refractivity (Wildman–Crippen MR) is 81.2 cm³/mol. The Kier molecular flexibility index (Phi) is 4.20. The number of hydrogen-bond donors (Lipinski definition) is 3. The molecule has 0 aliphatic heterocycles. The van der Waals surface area contributed by atoms with Crippen molar-refractivity contribution in [2.45, 2.75) is 6.92 Å². The van der Waals surface area contributed by atoms with E-state index in [1.165, 1.54) is 23.3 Å². The molecular formula is C15H16N4O2. The molecule has 0 aliphatic rings. The molecule has 0 radical (unpaired) electrons. The number of hydrogen-bond acceptors (Lipinski definition) is 5. The van der Waals surface area contributed by atoms with Crippen molar-refractivity contribution in [3.8, 4) is 0 Å². The van der Waals surface area contributed by atoms with Crippen LogP contribution in [0.25, 0.3) is 5.70 Å². The van der Waals surface area contributed by atoms with E-state index < -0.39 is 5.97 Å². The molecule has 1 heterocycles. The van der Waals surface area contributed by atoms with Gasteiger partial charge >= 0.3 is 5.97 Å². The SMILES string of the molecule is Cc1ccc(C(=O)O)cc1/C(N)=C/N(N)c1cccnc1. The zero-order valence-corrected chi connectivity index (χ0v) is 11.5. The molecule has 0 atom stereocenters. The lowest BCUT2D eigenvalue weighted by Crippen LogP contribution is -2.25. The topological polar surface area (TPSA) is 105 Å². The van der Waals surface area contributed by atoms with Gasteiger partial charge in [-0.3, -0.25) is 9.99 Å². The van der Waals surface area contributed by atoms with Gasteiger partial charge in [0.1, 0.15) is 0 Å². The summed E-state index contributed by atoms with van der Waals surface area (Å²) in [5, 5.41) is 10.4. The summed E-state index contributed by atoms with van der Waals surface area (Å²) in [5.74, 6) is 4.90. The van der Waals surface area contributed by atoms with Gasteiger partial charge in [-0.05, 0) is 36.8 Å². The maximum Gasteiger partial charge on any atom is 0.335 e. The molecule has 1 aromatic carbocycles. The second-order valence-electron chi connectivity index (χ2n) is 4.54. The van der Waals surface area contributed by atoms with Gasteiger partial charge in [-0.2, -0.15) is 0 Å². The molecule has 0 bridgehead atoms. The molecule has 5 N–H and O–H groups in total. The number of aryl methyl sites for hydroxylation is 1. The molecule has 2 rings (SSSR count). The quantitative estimate of drug-likeness (QED) is 0.583. The highest BCUT2D eigenvalue weighted by molar-refractivity contribution is 5.89. The summed E-state index contributed by atoms with van der Waals surface area (Å²) in [6.07, 6.45) is 4.78. The van der Waals surface area contributed by atoms with E-state index in [1.54, 1.807) is 30.6 Å². The van der Waals surface area contributed by atoms with E-state index in [4.69, 9.17) is 16.7 Å². The molecule has 2 aromatic rings. The zero-order chi connectivity index (χ0) is 15.4. The first-order valence-corrected chi connectivity index (χ1v) is 6.24. The lowest BCUT2D eigenvalue weighted by atomic mass is 10.0. The normalized spacial score (nSPS) is 11.2. The number of anilines is 1. The Bertz CT molecular complexity index is 683. The third kappa shape index (κ3) is 3.37. The molecular weight excluding hydrogens is 268 g/mol. The summed E-state index contributed by atoms with van der Waals surface area (Å²) >= 11 is 0. The van der Waals surface area contributed by atoms with Gasteiger partial charge in [0.05, 0.1) is 23.1 Å². The Labute approximate surface area is 122 Å². The smallest absolute Gasteiger partial charge is 0.335 e. The highest BCUT2D eigenvalue weighted by atomic mass is 16.4. The number of carboxylic acid groups (broad SMARTS) is 1. The van der Waals surface area contributed by atoms with Crippen molar-refractivity contribution in [1.29, 1.82) is 0 Å². The van der Waals surface area contributed by atoms with Crippen molar-refractivity contribution >= 4 is 17.4 Å². The van der Waals surface area contributed by atoms with Crippen molar-refractivity contribution in [3.63, 3.8) is 0 Å². The van der Waals surface area contributed by atoms with Crippen LogP contribution in [0.5, 0.6) is 0 Å². The Morgan fingerprint density at radius 1 is 1.38 bits per heavy atom. The van der Waals surface area contributed by atoms with E-state index in [2.05, 4.69) is 4.98 Å². The summed E-state index contributed by atoms with van der Waals surface area (Å²) in [7, 11) is 0. The molecule has 108 valence electrons. The molecule has 0 saturated carbocycles. The highest BCUT2D eigenvalue weighted by Crippen LogP contribution is 2.18. The van der Waals surface area contributed by atoms with Gasteiger partial charge in [0.15, 0.2) is 0 Å². The predicted octanol–water partition coefficient (Wildman–Crippen LogP) is 1.73. The average molecular weight is 284 g/mol. The number of aromatic nitrogens is 1. The van der Waals surface area contributed by atoms with Crippen LogP contribution in [-0.4, -0.2) is 16.1 Å². The summed E-state index contributed by atoms with van der Waals surface area (Å²) in [5.41, 5.74) is 8.76. The second-order valence-corrected chi connectivity index (χ2v) is 4.54. The maximum absolute atomic E-state index is 11.0. The van der Waals surface area contributed by atoms with Crippen LogP contribution in [-0.2, 0) is 0 Å². The molecule has 0 saturated heterocycles. The molecule has 0 fully saturated rings. The Morgan fingerprint density at radius 3 is 2.76 bits per heavy atom. The average Bonchev–Trinajstić information content (AvgIpc) is 2.48. The molecule has 6 nitrogen and oxygen atoms in total. The van der Waals surface area contributed by atoms with Crippen LogP contribution < -0.4 is 16.6 Å². The number of pyridine rings is 1. The number of hydrazine groups is 1. The molecule has 0 amide bonds.